The van der Waals surface area contributed by atoms with Crippen LogP contribution in [0.15, 0.2) is 48.5 Å². The Hall–Kier alpha value is -2.29. The number of benzene rings is 2. The number of unbranched alkanes of at least 4 members (excludes halogenated alkanes) is 3. The first-order valence-electron chi connectivity index (χ1n) is 11.8. The van der Waals surface area contributed by atoms with Crippen molar-refractivity contribution in [3.8, 4) is 5.75 Å². The van der Waals surface area contributed by atoms with E-state index in [1.54, 1.807) is 12.1 Å². The predicted molar refractivity (Wildman–Crippen MR) is 129 cm³/mol. The van der Waals surface area contributed by atoms with Crippen LogP contribution in [0.25, 0.3) is 0 Å². The van der Waals surface area contributed by atoms with E-state index in [9.17, 15) is 28.6 Å². The topological polar surface area (TPSA) is 117 Å². The van der Waals surface area contributed by atoms with Gasteiger partial charge in [0.2, 0.25) is 0 Å². The van der Waals surface area contributed by atoms with Crippen molar-refractivity contribution in [1.82, 2.24) is 4.90 Å². The molecule has 0 aromatic heterocycles. The average molecular weight is 510 g/mol. The standard InChI is InChI=1S/C25H33FNO7P/c26-15-5-1-2-6-16-33-22-11-9-20(10-12-22)13-14-25(18-28,19-34-35(30,31)32)27-17-21-7-3-4-8-23(21)24(27)29/h3-4,7-12,28H,1-2,5-6,13-19H2,(H2,30,31,32)/t25-/m0/s1. The number of hydrogen-bond acceptors (Lipinski definition) is 5. The van der Waals surface area contributed by atoms with Crippen LogP contribution >= 0.6 is 7.82 Å². The number of amides is 1. The Balaban J connectivity index is 1.66. The van der Waals surface area contributed by atoms with Gasteiger partial charge in [-0.15, -0.1) is 0 Å². The summed E-state index contributed by atoms with van der Waals surface area (Å²) in [4.78, 5) is 33.1. The molecule has 10 heteroatoms. The maximum Gasteiger partial charge on any atom is 0.469 e. The minimum Gasteiger partial charge on any atom is -0.494 e. The molecule has 3 rings (SSSR count). The van der Waals surface area contributed by atoms with Gasteiger partial charge in [-0.3, -0.25) is 13.7 Å². The summed E-state index contributed by atoms with van der Waals surface area (Å²) in [6.45, 7) is -0.535. The highest BCUT2D eigenvalue weighted by molar-refractivity contribution is 7.46. The van der Waals surface area contributed by atoms with E-state index in [0.717, 1.165) is 30.4 Å². The number of aryl methyl sites for hydroxylation is 1. The van der Waals surface area contributed by atoms with Gasteiger partial charge in [0.1, 0.15) is 5.75 Å². The second-order valence-corrected chi connectivity index (χ2v) is 10.0. The highest BCUT2D eigenvalue weighted by Gasteiger charge is 2.44. The van der Waals surface area contributed by atoms with Crippen molar-refractivity contribution in [2.24, 2.45) is 0 Å². The molecule has 2 aromatic rings. The summed E-state index contributed by atoms with van der Waals surface area (Å²) in [6.07, 6.45) is 3.88. The van der Waals surface area contributed by atoms with Gasteiger partial charge in [-0.1, -0.05) is 36.8 Å². The van der Waals surface area contributed by atoms with Crippen molar-refractivity contribution in [3.05, 3.63) is 65.2 Å². The van der Waals surface area contributed by atoms with Crippen LogP contribution in [0.5, 0.6) is 5.75 Å². The largest absolute Gasteiger partial charge is 0.494 e. The number of hydrogen-bond donors (Lipinski definition) is 3. The zero-order valence-corrected chi connectivity index (χ0v) is 20.5. The number of carbonyl (C=O) groups is 1. The van der Waals surface area contributed by atoms with Crippen molar-refractivity contribution >= 4 is 13.7 Å². The first-order valence-corrected chi connectivity index (χ1v) is 13.3. The van der Waals surface area contributed by atoms with E-state index in [-0.39, 0.29) is 25.5 Å². The van der Waals surface area contributed by atoms with Crippen LogP contribution in [0.2, 0.25) is 0 Å². The Morgan fingerprint density at radius 2 is 1.74 bits per heavy atom. The van der Waals surface area contributed by atoms with E-state index in [0.29, 0.717) is 30.8 Å². The summed E-state index contributed by atoms with van der Waals surface area (Å²) in [6, 6.07) is 14.5. The molecule has 0 saturated heterocycles. The smallest absolute Gasteiger partial charge is 0.469 e. The molecule has 35 heavy (non-hydrogen) atoms. The van der Waals surface area contributed by atoms with Crippen LogP contribution in [0.4, 0.5) is 4.39 Å². The van der Waals surface area contributed by atoms with Crippen molar-refractivity contribution in [2.75, 3.05) is 26.5 Å². The zero-order chi connectivity index (χ0) is 25.3. The number of aliphatic hydroxyl groups is 1. The Labute approximate surface area is 204 Å². The summed E-state index contributed by atoms with van der Waals surface area (Å²) >= 11 is 0. The summed E-state index contributed by atoms with van der Waals surface area (Å²) in [5.41, 5.74) is 0.898. The minimum atomic E-state index is -4.82. The maximum atomic E-state index is 13.1. The normalized spacial score (nSPS) is 15.2. The van der Waals surface area contributed by atoms with Crippen molar-refractivity contribution < 1.29 is 37.9 Å². The molecule has 0 unspecified atom stereocenters. The third-order valence-electron chi connectivity index (χ3n) is 6.29. The van der Waals surface area contributed by atoms with Gasteiger partial charge in [-0.05, 0) is 61.4 Å². The Kier molecular flexibility index (Phi) is 9.83. The number of nitrogens with zero attached hydrogens (tertiary/aromatic N) is 1. The van der Waals surface area contributed by atoms with Gasteiger partial charge in [0, 0.05) is 12.1 Å². The van der Waals surface area contributed by atoms with Gasteiger partial charge in [0.05, 0.1) is 32.0 Å². The van der Waals surface area contributed by atoms with E-state index in [2.05, 4.69) is 0 Å². The van der Waals surface area contributed by atoms with E-state index in [4.69, 9.17) is 9.26 Å². The van der Waals surface area contributed by atoms with Crippen molar-refractivity contribution in [1.29, 1.82) is 0 Å². The molecule has 0 radical (unpaired) electrons. The van der Waals surface area contributed by atoms with Gasteiger partial charge in [0.15, 0.2) is 0 Å². The third-order valence-corrected chi connectivity index (χ3v) is 6.75. The molecule has 0 fully saturated rings. The maximum absolute atomic E-state index is 13.1. The molecule has 1 aliphatic rings. The lowest BCUT2D eigenvalue weighted by Gasteiger charge is -2.40. The molecule has 3 N–H and O–H groups in total. The minimum absolute atomic E-state index is 0.220. The lowest BCUT2D eigenvalue weighted by atomic mass is 9.90. The second-order valence-electron chi connectivity index (χ2n) is 8.79. The molecule has 0 bridgehead atoms. The van der Waals surface area contributed by atoms with Crippen LogP contribution in [0.1, 0.15) is 53.6 Å². The Morgan fingerprint density at radius 3 is 2.40 bits per heavy atom. The number of phosphoric acid groups is 1. The van der Waals surface area contributed by atoms with E-state index in [1.807, 2.05) is 36.4 Å². The van der Waals surface area contributed by atoms with Gasteiger partial charge < -0.3 is 24.5 Å². The summed E-state index contributed by atoms with van der Waals surface area (Å²) in [5.74, 6) is 0.405. The Morgan fingerprint density at radius 1 is 1.03 bits per heavy atom. The molecule has 8 nitrogen and oxygen atoms in total. The average Bonchev–Trinajstić information content (AvgIpc) is 3.19. The number of aliphatic hydroxyl groups excluding tert-OH is 1. The zero-order valence-electron chi connectivity index (χ0n) is 19.6. The lowest BCUT2D eigenvalue weighted by molar-refractivity contribution is -0.00975. The molecule has 0 spiro atoms. The fraction of sp³-hybridized carbons (Fsp3) is 0.480. The summed E-state index contributed by atoms with van der Waals surface area (Å²) in [7, 11) is -4.82. The van der Waals surface area contributed by atoms with Gasteiger partial charge >= 0.3 is 7.82 Å². The number of phosphoric ester groups is 1. The molecule has 192 valence electrons. The summed E-state index contributed by atoms with van der Waals surface area (Å²) in [5, 5.41) is 10.4. The Bertz CT molecular complexity index is 1010. The molecule has 1 aliphatic heterocycles. The second kappa shape index (κ2) is 12.6. The lowest BCUT2D eigenvalue weighted by Crippen LogP contribution is -2.55. The number of ether oxygens (including phenoxy) is 1. The van der Waals surface area contributed by atoms with E-state index >= 15 is 0 Å². The third kappa shape index (κ3) is 7.59. The number of carbonyl (C=O) groups excluding carboxylic acids is 1. The van der Waals surface area contributed by atoms with Crippen LogP contribution < -0.4 is 4.74 Å². The molecule has 1 atom stereocenters. The van der Waals surface area contributed by atoms with Gasteiger partial charge in [-0.25, -0.2) is 4.57 Å². The molecule has 1 amide bonds. The highest BCUT2D eigenvalue weighted by atomic mass is 31.2. The predicted octanol–water partition coefficient (Wildman–Crippen LogP) is 4.02. The first kappa shape index (κ1) is 27.3. The van der Waals surface area contributed by atoms with Crippen LogP contribution in [0, 0.1) is 0 Å². The van der Waals surface area contributed by atoms with E-state index in [1.165, 1.54) is 4.90 Å². The molecular formula is C25H33FNO7P. The molecule has 1 heterocycles. The monoisotopic (exact) mass is 509 g/mol. The number of rotatable bonds is 15. The fourth-order valence-electron chi connectivity index (χ4n) is 4.21. The SMILES string of the molecule is O=C1c2ccccc2CN1[C@](CO)(CCc1ccc(OCCCCCCF)cc1)COP(=O)(O)O. The van der Waals surface area contributed by atoms with Crippen molar-refractivity contribution in [3.63, 3.8) is 0 Å². The summed E-state index contributed by atoms with van der Waals surface area (Å²) < 4.78 is 34.1. The number of fused-ring (bicyclic) bond motifs is 1. The fourth-order valence-corrected chi connectivity index (χ4v) is 4.61. The molecule has 2 aromatic carbocycles. The van der Waals surface area contributed by atoms with Gasteiger partial charge in [0.25, 0.3) is 5.91 Å². The van der Waals surface area contributed by atoms with Gasteiger partial charge in [-0.2, -0.15) is 0 Å². The molecular weight excluding hydrogens is 476 g/mol. The molecule has 0 saturated carbocycles. The number of alkyl halides is 1. The van der Waals surface area contributed by atoms with Crippen molar-refractivity contribution in [2.45, 2.75) is 50.6 Å². The van der Waals surface area contributed by atoms with Crippen LogP contribution in [-0.4, -0.2) is 57.7 Å². The van der Waals surface area contributed by atoms with Crippen LogP contribution in [0.3, 0.4) is 0 Å². The number of halogens is 1. The van der Waals surface area contributed by atoms with Crippen LogP contribution in [-0.2, 0) is 22.1 Å². The van der Waals surface area contributed by atoms with E-state index < -0.39 is 26.6 Å². The highest BCUT2D eigenvalue weighted by Crippen LogP contribution is 2.40. The molecule has 0 aliphatic carbocycles. The first-order chi connectivity index (χ1) is 16.8. The quantitative estimate of drug-likeness (QED) is 0.245.